The van der Waals surface area contributed by atoms with Crippen molar-refractivity contribution in [3.63, 3.8) is 0 Å². The molecule has 1 spiro atoms. The zero-order valence-electron chi connectivity index (χ0n) is 17.8. The molecule has 0 aromatic heterocycles. The quantitative estimate of drug-likeness (QED) is 0.649. The predicted octanol–water partition coefficient (Wildman–Crippen LogP) is 4.58. The first-order valence-corrected chi connectivity index (χ1v) is 11.4. The van der Waals surface area contributed by atoms with E-state index < -0.39 is 11.4 Å². The molecule has 5 rings (SSSR count). The van der Waals surface area contributed by atoms with Gasteiger partial charge in [-0.3, -0.25) is 4.79 Å². The van der Waals surface area contributed by atoms with Gasteiger partial charge in [-0.15, -0.1) is 0 Å². The van der Waals surface area contributed by atoms with Crippen LogP contribution in [0.15, 0.2) is 36.4 Å². The average Bonchev–Trinajstić information content (AvgIpc) is 3.39. The second kappa shape index (κ2) is 7.72. The number of aliphatic carboxylic acids is 1. The molecule has 5 nitrogen and oxygen atoms in total. The summed E-state index contributed by atoms with van der Waals surface area (Å²) >= 11 is 6.37. The van der Waals surface area contributed by atoms with Crippen LogP contribution in [-0.4, -0.2) is 42.2 Å². The van der Waals surface area contributed by atoms with Gasteiger partial charge >= 0.3 is 5.97 Å². The summed E-state index contributed by atoms with van der Waals surface area (Å²) in [5, 5.41) is 10.1. The Morgan fingerprint density at radius 2 is 1.77 bits per heavy atom. The van der Waals surface area contributed by atoms with Crippen molar-refractivity contribution >= 4 is 17.6 Å². The number of carboxylic acids is 1. The largest absolute Gasteiger partial charge is 0.494 e. The van der Waals surface area contributed by atoms with Crippen molar-refractivity contribution < 1.29 is 19.4 Å². The Kier molecular flexibility index (Phi) is 5.14. The van der Waals surface area contributed by atoms with Gasteiger partial charge in [-0.05, 0) is 68.0 Å². The van der Waals surface area contributed by atoms with Crippen molar-refractivity contribution in [1.82, 2.24) is 4.90 Å². The number of benzene rings is 2. The van der Waals surface area contributed by atoms with Crippen molar-refractivity contribution in [1.29, 1.82) is 0 Å². The Morgan fingerprint density at radius 1 is 1.06 bits per heavy atom. The van der Waals surface area contributed by atoms with Crippen LogP contribution in [0.5, 0.6) is 11.5 Å². The molecule has 1 aliphatic heterocycles. The Morgan fingerprint density at radius 3 is 2.45 bits per heavy atom. The fourth-order valence-electron chi connectivity index (χ4n) is 5.22. The van der Waals surface area contributed by atoms with Gasteiger partial charge in [-0.25, -0.2) is 0 Å². The van der Waals surface area contributed by atoms with Gasteiger partial charge in [-0.1, -0.05) is 23.7 Å². The summed E-state index contributed by atoms with van der Waals surface area (Å²) in [5.41, 5.74) is 3.49. The first-order chi connectivity index (χ1) is 14.9. The molecule has 2 aromatic rings. The van der Waals surface area contributed by atoms with Gasteiger partial charge < -0.3 is 19.5 Å². The van der Waals surface area contributed by atoms with Crippen LogP contribution in [0, 0.1) is 10.8 Å². The highest BCUT2D eigenvalue weighted by atomic mass is 35.5. The topological polar surface area (TPSA) is 59.0 Å². The second-order valence-corrected chi connectivity index (χ2v) is 9.90. The molecule has 3 aliphatic rings. The summed E-state index contributed by atoms with van der Waals surface area (Å²) in [5.74, 6) is 1.00. The van der Waals surface area contributed by atoms with Crippen LogP contribution in [0.1, 0.15) is 36.5 Å². The third-order valence-electron chi connectivity index (χ3n) is 6.99. The summed E-state index contributed by atoms with van der Waals surface area (Å²) in [7, 11) is 0. The maximum atomic E-state index is 11.5. The fraction of sp³-hybridized carbons (Fsp3) is 0.480. The number of fused-ring (bicyclic) bond motifs is 1. The maximum absolute atomic E-state index is 11.5. The van der Waals surface area contributed by atoms with Gasteiger partial charge in [0.15, 0.2) is 0 Å². The molecule has 31 heavy (non-hydrogen) atoms. The highest BCUT2D eigenvalue weighted by Gasteiger charge is 2.55. The second-order valence-electron chi connectivity index (χ2n) is 9.49. The number of hydrogen-bond acceptors (Lipinski definition) is 4. The minimum Gasteiger partial charge on any atom is -0.494 e. The lowest BCUT2D eigenvalue weighted by molar-refractivity contribution is -0.145. The van der Waals surface area contributed by atoms with Crippen molar-refractivity contribution in [2.75, 3.05) is 26.2 Å². The number of hydrogen-bond donors (Lipinski definition) is 1. The van der Waals surface area contributed by atoms with E-state index in [2.05, 4.69) is 17.0 Å². The van der Waals surface area contributed by atoms with Crippen molar-refractivity contribution in [2.24, 2.45) is 10.8 Å². The minimum absolute atomic E-state index is 0.272. The molecule has 1 heterocycles. The Labute approximate surface area is 187 Å². The molecule has 1 saturated heterocycles. The summed E-state index contributed by atoms with van der Waals surface area (Å²) < 4.78 is 11.5. The van der Waals surface area contributed by atoms with E-state index in [0.717, 1.165) is 55.8 Å². The van der Waals surface area contributed by atoms with Gasteiger partial charge in [0.1, 0.15) is 18.1 Å². The van der Waals surface area contributed by atoms with Crippen LogP contribution in [0.3, 0.4) is 0 Å². The van der Waals surface area contributed by atoms with Crippen LogP contribution < -0.4 is 9.47 Å². The number of rotatable bonds is 8. The first kappa shape index (κ1) is 20.7. The smallest absolute Gasteiger partial charge is 0.310 e. The summed E-state index contributed by atoms with van der Waals surface area (Å²) in [6, 6.07) is 12.1. The zero-order chi connectivity index (χ0) is 21.6. The summed E-state index contributed by atoms with van der Waals surface area (Å²) in [4.78, 5) is 13.8. The SMILES string of the molecule is CCOc1ccc(COc2ccc3c(c2)CC2(C3)CN(CC3(C(=O)O)CC3)C2)c(Cl)c1. The van der Waals surface area contributed by atoms with E-state index in [1.807, 2.05) is 31.2 Å². The minimum atomic E-state index is -0.627. The normalized spacial score (nSPS) is 20.2. The van der Waals surface area contributed by atoms with Crippen molar-refractivity contribution in [2.45, 2.75) is 39.2 Å². The average molecular weight is 442 g/mol. The summed E-state index contributed by atoms with van der Waals surface area (Å²) in [6.45, 7) is 5.67. The molecule has 2 aliphatic carbocycles. The number of halogens is 1. The molecule has 0 atom stereocenters. The van der Waals surface area contributed by atoms with Crippen LogP contribution >= 0.6 is 11.6 Å². The standard InChI is InChI=1S/C25H28ClNO4/c1-2-30-21-6-4-18(22(26)10-21)13-31-20-5-3-17-11-24(12-19(17)9-20)14-27(15-24)16-25(7-8-25)23(28)29/h3-6,9-10H,2,7-8,11-16H2,1H3,(H,28,29). The molecule has 2 fully saturated rings. The number of ether oxygens (including phenoxy) is 2. The van der Waals surface area contributed by atoms with Gasteiger partial charge in [-0.2, -0.15) is 0 Å². The van der Waals surface area contributed by atoms with Gasteiger partial charge in [0.05, 0.1) is 17.0 Å². The summed E-state index contributed by atoms with van der Waals surface area (Å²) in [6.07, 6.45) is 3.76. The lowest BCUT2D eigenvalue weighted by Crippen LogP contribution is -2.58. The maximum Gasteiger partial charge on any atom is 0.310 e. The molecule has 1 saturated carbocycles. The fourth-order valence-corrected chi connectivity index (χ4v) is 5.44. The van der Waals surface area contributed by atoms with E-state index in [9.17, 15) is 9.90 Å². The van der Waals surface area contributed by atoms with Gasteiger partial charge in [0, 0.05) is 30.6 Å². The Balaban J connectivity index is 1.18. The van der Waals surface area contributed by atoms with Crippen LogP contribution in [-0.2, 0) is 24.2 Å². The van der Waals surface area contributed by atoms with Crippen molar-refractivity contribution in [3.8, 4) is 11.5 Å². The highest BCUT2D eigenvalue weighted by molar-refractivity contribution is 6.31. The molecule has 0 radical (unpaired) electrons. The third kappa shape index (κ3) is 4.01. The Bertz CT molecular complexity index is 1010. The van der Waals surface area contributed by atoms with Crippen LogP contribution in [0.25, 0.3) is 0 Å². The number of likely N-dealkylation sites (tertiary alicyclic amines) is 1. The Hall–Kier alpha value is -2.24. The third-order valence-corrected chi connectivity index (χ3v) is 7.34. The highest BCUT2D eigenvalue weighted by Crippen LogP contribution is 2.51. The molecule has 164 valence electrons. The number of carbonyl (C=O) groups is 1. The zero-order valence-corrected chi connectivity index (χ0v) is 18.6. The molecule has 0 unspecified atom stereocenters. The molecule has 0 bridgehead atoms. The van der Waals surface area contributed by atoms with Crippen molar-refractivity contribution in [3.05, 3.63) is 58.1 Å². The van der Waals surface area contributed by atoms with Gasteiger partial charge in [0.2, 0.25) is 0 Å². The van der Waals surface area contributed by atoms with E-state index in [-0.39, 0.29) is 5.41 Å². The predicted molar refractivity (Wildman–Crippen MR) is 119 cm³/mol. The van der Waals surface area contributed by atoms with Crippen LogP contribution in [0.4, 0.5) is 0 Å². The van der Waals surface area contributed by atoms with E-state index >= 15 is 0 Å². The van der Waals surface area contributed by atoms with E-state index in [1.54, 1.807) is 0 Å². The van der Waals surface area contributed by atoms with E-state index in [1.165, 1.54) is 11.1 Å². The molecular formula is C25H28ClNO4. The number of nitrogens with zero attached hydrogens (tertiary/aromatic N) is 1. The first-order valence-electron chi connectivity index (χ1n) is 11.0. The van der Waals surface area contributed by atoms with E-state index in [0.29, 0.717) is 24.8 Å². The van der Waals surface area contributed by atoms with E-state index in [4.69, 9.17) is 21.1 Å². The molecule has 1 N–H and O–H groups in total. The molecule has 0 amide bonds. The lowest BCUT2D eigenvalue weighted by atomic mass is 9.76. The molecule has 2 aromatic carbocycles. The number of carboxylic acid groups (broad SMARTS) is 1. The monoisotopic (exact) mass is 441 g/mol. The molecule has 6 heteroatoms. The van der Waals surface area contributed by atoms with Crippen LogP contribution in [0.2, 0.25) is 5.02 Å². The lowest BCUT2D eigenvalue weighted by Gasteiger charge is -2.49. The van der Waals surface area contributed by atoms with Gasteiger partial charge in [0.25, 0.3) is 0 Å². The molecular weight excluding hydrogens is 414 g/mol.